The van der Waals surface area contributed by atoms with Gasteiger partial charge in [0.05, 0.1) is 12.6 Å². The number of hydrogen-bond donors (Lipinski definition) is 1. The number of likely N-dealkylation sites (tertiary alicyclic amines) is 1. The van der Waals surface area contributed by atoms with Crippen LogP contribution in [-0.2, 0) is 6.54 Å². The number of nitrogens with two attached hydrogens (primary N) is 1. The molecular weight excluding hydrogens is 391 g/mol. The third-order valence-corrected chi connectivity index (χ3v) is 3.56. The lowest BCUT2D eigenvalue weighted by Gasteiger charge is -2.31. The first-order valence-electron chi connectivity index (χ1n) is 7.71. The minimum absolute atomic E-state index is 0. The number of pyridine rings is 1. The van der Waals surface area contributed by atoms with Crippen molar-refractivity contribution in [3.8, 4) is 5.88 Å². The molecule has 1 aromatic rings. The van der Waals surface area contributed by atoms with E-state index in [9.17, 15) is 0 Å². The quantitative estimate of drug-likeness (QED) is 0.464. The third kappa shape index (κ3) is 5.98. The van der Waals surface area contributed by atoms with Crippen molar-refractivity contribution in [2.75, 3.05) is 13.1 Å². The molecule has 0 bridgehead atoms. The van der Waals surface area contributed by atoms with E-state index in [-0.39, 0.29) is 30.1 Å². The molecule has 2 N–H and O–H groups in total. The number of halogens is 1. The normalized spacial score (nSPS) is 19.0. The summed E-state index contributed by atoms with van der Waals surface area (Å²) in [5, 5.41) is 0. The number of nitrogens with zero attached hydrogens (tertiary/aromatic N) is 3. The lowest BCUT2D eigenvalue weighted by Crippen LogP contribution is -2.43. The molecule has 0 radical (unpaired) electrons. The highest BCUT2D eigenvalue weighted by molar-refractivity contribution is 14.0. The number of aliphatic imine (C=N–C) groups is 1. The summed E-state index contributed by atoms with van der Waals surface area (Å²) < 4.78 is 5.52. The van der Waals surface area contributed by atoms with Gasteiger partial charge in [0.2, 0.25) is 5.88 Å². The summed E-state index contributed by atoms with van der Waals surface area (Å²) in [5.41, 5.74) is 7.13. The molecule has 0 amide bonds. The molecule has 6 heteroatoms. The number of rotatable bonds is 4. The second-order valence-corrected chi connectivity index (χ2v) is 6.04. The van der Waals surface area contributed by atoms with Crippen molar-refractivity contribution in [1.29, 1.82) is 0 Å². The van der Waals surface area contributed by atoms with Gasteiger partial charge in [-0.25, -0.2) is 9.98 Å². The smallest absolute Gasteiger partial charge is 0.213 e. The van der Waals surface area contributed by atoms with Crippen LogP contribution in [0.3, 0.4) is 0 Å². The molecule has 2 rings (SSSR count). The van der Waals surface area contributed by atoms with Crippen LogP contribution in [-0.4, -0.2) is 35.0 Å². The summed E-state index contributed by atoms with van der Waals surface area (Å²) in [6.07, 6.45) is 4.41. The summed E-state index contributed by atoms with van der Waals surface area (Å²) in [6.45, 7) is 8.82. The first-order chi connectivity index (χ1) is 10.0. The fourth-order valence-electron chi connectivity index (χ4n) is 2.49. The Hall–Kier alpha value is -1.05. The van der Waals surface area contributed by atoms with Gasteiger partial charge < -0.3 is 15.4 Å². The zero-order valence-electron chi connectivity index (χ0n) is 13.7. The van der Waals surface area contributed by atoms with E-state index in [0.29, 0.717) is 24.3 Å². The standard InChI is InChI=1S/C16H26N4O.HI/c1-12(2)21-15-7-6-14(9-18-15)10-19-16(17)20-8-4-5-13(3)11-20;/h6-7,9,12-13H,4-5,8,10-11H2,1-3H3,(H2,17,19);1H. The maximum atomic E-state index is 6.09. The Balaban J connectivity index is 0.00000242. The second kappa shape index (κ2) is 9.17. The SMILES string of the molecule is CC1CCCN(C(N)=NCc2ccc(OC(C)C)nc2)C1.I. The van der Waals surface area contributed by atoms with Crippen molar-refractivity contribution in [1.82, 2.24) is 9.88 Å². The molecule has 1 fully saturated rings. The molecule has 124 valence electrons. The molecule has 1 atom stereocenters. The minimum Gasteiger partial charge on any atom is -0.475 e. The summed E-state index contributed by atoms with van der Waals surface area (Å²) in [4.78, 5) is 10.9. The van der Waals surface area contributed by atoms with Crippen molar-refractivity contribution >= 4 is 29.9 Å². The van der Waals surface area contributed by atoms with Crippen LogP contribution in [0, 0.1) is 5.92 Å². The predicted molar refractivity (Wildman–Crippen MR) is 101 cm³/mol. The van der Waals surface area contributed by atoms with E-state index in [0.717, 1.165) is 18.7 Å². The topological polar surface area (TPSA) is 63.7 Å². The van der Waals surface area contributed by atoms with E-state index in [2.05, 4.69) is 21.8 Å². The maximum Gasteiger partial charge on any atom is 0.213 e. The van der Waals surface area contributed by atoms with E-state index in [1.54, 1.807) is 6.20 Å². The Kier molecular flexibility index (Phi) is 7.92. The molecule has 1 aliphatic heterocycles. The number of aromatic nitrogens is 1. The van der Waals surface area contributed by atoms with Gasteiger partial charge in [0.25, 0.3) is 0 Å². The van der Waals surface area contributed by atoms with Crippen LogP contribution in [0.15, 0.2) is 23.3 Å². The molecule has 0 spiro atoms. The Bertz CT molecular complexity index is 476. The van der Waals surface area contributed by atoms with Crippen molar-refractivity contribution in [2.24, 2.45) is 16.6 Å². The van der Waals surface area contributed by atoms with E-state index in [4.69, 9.17) is 10.5 Å². The largest absolute Gasteiger partial charge is 0.475 e. The van der Waals surface area contributed by atoms with E-state index < -0.39 is 0 Å². The van der Waals surface area contributed by atoms with Crippen LogP contribution in [0.25, 0.3) is 0 Å². The van der Waals surface area contributed by atoms with Crippen molar-refractivity contribution in [3.63, 3.8) is 0 Å². The monoisotopic (exact) mass is 418 g/mol. The summed E-state index contributed by atoms with van der Waals surface area (Å²) in [5.74, 6) is 1.99. The maximum absolute atomic E-state index is 6.09. The molecular formula is C16H27IN4O. The predicted octanol–water partition coefficient (Wildman–Crippen LogP) is 3.03. The molecule has 2 heterocycles. The molecule has 0 aliphatic carbocycles. The number of piperidine rings is 1. The lowest BCUT2D eigenvalue weighted by molar-refractivity contribution is 0.232. The van der Waals surface area contributed by atoms with Crippen LogP contribution in [0.2, 0.25) is 0 Å². The zero-order valence-corrected chi connectivity index (χ0v) is 16.0. The molecule has 22 heavy (non-hydrogen) atoms. The Morgan fingerprint density at radius 3 is 2.86 bits per heavy atom. The van der Waals surface area contributed by atoms with Crippen molar-refractivity contribution in [3.05, 3.63) is 23.9 Å². The molecule has 1 aliphatic rings. The van der Waals surface area contributed by atoms with Gasteiger partial charge in [-0.05, 0) is 38.2 Å². The minimum atomic E-state index is 0. The van der Waals surface area contributed by atoms with E-state index in [1.807, 2.05) is 26.0 Å². The fraction of sp³-hybridized carbons (Fsp3) is 0.625. The van der Waals surface area contributed by atoms with Crippen LogP contribution in [0.5, 0.6) is 5.88 Å². The van der Waals surface area contributed by atoms with Gasteiger partial charge >= 0.3 is 0 Å². The Morgan fingerprint density at radius 1 is 1.50 bits per heavy atom. The van der Waals surface area contributed by atoms with Gasteiger partial charge in [-0.2, -0.15) is 0 Å². The number of guanidine groups is 1. The van der Waals surface area contributed by atoms with E-state index >= 15 is 0 Å². The summed E-state index contributed by atoms with van der Waals surface area (Å²) in [7, 11) is 0. The van der Waals surface area contributed by atoms with Gasteiger partial charge in [-0.15, -0.1) is 24.0 Å². The lowest BCUT2D eigenvalue weighted by atomic mass is 10.0. The highest BCUT2D eigenvalue weighted by Gasteiger charge is 2.17. The van der Waals surface area contributed by atoms with Crippen LogP contribution >= 0.6 is 24.0 Å². The highest BCUT2D eigenvalue weighted by Crippen LogP contribution is 2.15. The average Bonchev–Trinajstić information content (AvgIpc) is 2.45. The fourth-order valence-corrected chi connectivity index (χ4v) is 2.49. The number of ether oxygens (including phenoxy) is 1. The van der Waals surface area contributed by atoms with Crippen LogP contribution < -0.4 is 10.5 Å². The first-order valence-corrected chi connectivity index (χ1v) is 7.71. The molecule has 1 unspecified atom stereocenters. The highest BCUT2D eigenvalue weighted by atomic mass is 127. The van der Waals surface area contributed by atoms with Crippen LogP contribution in [0.4, 0.5) is 0 Å². The second-order valence-electron chi connectivity index (χ2n) is 6.04. The molecule has 1 aromatic heterocycles. The molecule has 5 nitrogen and oxygen atoms in total. The van der Waals surface area contributed by atoms with Gasteiger partial charge in [0.1, 0.15) is 0 Å². The third-order valence-electron chi connectivity index (χ3n) is 3.56. The zero-order chi connectivity index (χ0) is 15.2. The van der Waals surface area contributed by atoms with Gasteiger partial charge in [0, 0.05) is 25.4 Å². The van der Waals surface area contributed by atoms with Crippen molar-refractivity contribution in [2.45, 2.75) is 46.3 Å². The summed E-state index contributed by atoms with van der Waals surface area (Å²) in [6, 6.07) is 3.87. The van der Waals surface area contributed by atoms with Gasteiger partial charge in [0.15, 0.2) is 5.96 Å². The van der Waals surface area contributed by atoms with Gasteiger partial charge in [-0.1, -0.05) is 13.0 Å². The van der Waals surface area contributed by atoms with Crippen molar-refractivity contribution < 1.29 is 4.74 Å². The van der Waals surface area contributed by atoms with Crippen LogP contribution in [0.1, 0.15) is 39.2 Å². The summed E-state index contributed by atoms with van der Waals surface area (Å²) >= 11 is 0. The average molecular weight is 418 g/mol. The molecule has 0 saturated carbocycles. The first kappa shape index (κ1) is 19.0. The Labute approximate surface area is 150 Å². The Morgan fingerprint density at radius 2 is 2.27 bits per heavy atom. The molecule has 1 saturated heterocycles. The van der Waals surface area contributed by atoms with E-state index in [1.165, 1.54) is 12.8 Å². The molecule has 0 aromatic carbocycles. The number of hydrogen-bond acceptors (Lipinski definition) is 3. The van der Waals surface area contributed by atoms with Gasteiger partial charge in [-0.3, -0.25) is 0 Å².